The molecule has 0 N–H and O–H groups in total. The fraction of sp³-hybridized carbons (Fsp3) is 0.333. The molecule has 1 aliphatic heterocycles. The largest absolute Gasteiger partial charge is 0.334 e. The van der Waals surface area contributed by atoms with Gasteiger partial charge < -0.3 is 0 Å². The van der Waals surface area contributed by atoms with E-state index >= 15 is 0 Å². The Morgan fingerprint density at radius 2 is 1.67 bits per heavy atom. The van der Waals surface area contributed by atoms with Crippen LogP contribution in [-0.2, 0) is 9.59 Å². The third-order valence-electron chi connectivity index (χ3n) is 3.45. The van der Waals surface area contributed by atoms with Crippen molar-refractivity contribution >= 4 is 23.6 Å². The molecule has 110 valence electrons. The maximum Gasteiger partial charge on any atom is 0.334 e. The molecule has 0 unspecified atom stereocenters. The van der Waals surface area contributed by atoms with Gasteiger partial charge in [-0.1, -0.05) is 17.7 Å². The van der Waals surface area contributed by atoms with E-state index in [2.05, 4.69) is 0 Å². The van der Waals surface area contributed by atoms with Gasteiger partial charge in [-0.3, -0.25) is 19.3 Å². The Morgan fingerprint density at radius 3 is 2.24 bits per heavy atom. The lowest BCUT2D eigenvalue weighted by Crippen LogP contribution is -2.37. The van der Waals surface area contributed by atoms with Crippen molar-refractivity contribution in [3.8, 4) is 0 Å². The van der Waals surface area contributed by atoms with Crippen LogP contribution >= 0.6 is 0 Å². The van der Waals surface area contributed by atoms with Gasteiger partial charge in [-0.2, -0.15) is 0 Å². The fourth-order valence-corrected chi connectivity index (χ4v) is 2.23. The molecule has 1 fully saturated rings. The molecular formula is C15H16N2O4. The smallest absolute Gasteiger partial charge is 0.292 e. The highest BCUT2D eigenvalue weighted by molar-refractivity contribution is 6.45. The molecule has 1 aromatic carbocycles. The number of hydrogen-bond donors (Lipinski definition) is 0. The van der Waals surface area contributed by atoms with Gasteiger partial charge in [0.05, 0.1) is 6.54 Å². The van der Waals surface area contributed by atoms with Gasteiger partial charge in [0, 0.05) is 12.1 Å². The van der Waals surface area contributed by atoms with Gasteiger partial charge in [-0.25, -0.2) is 9.69 Å². The summed E-state index contributed by atoms with van der Waals surface area (Å²) in [5.41, 5.74) is 2.13. The van der Waals surface area contributed by atoms with Crippen molar-refractivity contribution < 1.29 is 19.2 Å². The minimum atomic E-state index is -0.944. The van der Waals surface area contributed by atoms with E-state index in [-0.39, 0.29) is 12.3 Å². The first-order chi connectivity index (χ1) is 9.86. The van der Waals surface area contributed by atoms with Crippen LogP contribution in [0, 0.1) is 13.8 Å². The van der Waals surface area contributed by atoms with Crippen molar-refractivity contribution in [1.82, 2.24) is 9.80 Å². The maximum atomic E-state index is 12.3. The topological polar surface area (TPSA) is 74.8 Å². The van der Waals surface area contributed by atoms with Crippen LogP contribution in [0.4, 0.5) is 4.79 Å². The molecule has 6 nitrogen and oxygen atoms in total. The van der Waals surface area contributed by atoms with Crippen molar-refractivity contribution in [3.63, 3.8) is 0 Å². The van der Waals surface area contributed by atoms with Gasteiger partial charge in [0.2, 0.25) is 0 Å². The highest BCUT2D eigenvalue weighted by Crippen LogP contribution is 2.16. The van der Waals surface area contributed by atoms with Crippen LogP contribution in [0.25, 0.3) is 0 Å². The summed E-state index contributed by atoms with van der Waals surface area (Å²) < 4.78 is 0. The molecule has 0 radical (unpaired) electrons. The monoisotopic (exact) mass is 288 g/mol. The van der Waals surface area contributed by atoms with Crippen LogP contribution in [0.15, 0.2) is 18.2 Å². The highest BCUT2D eigenvalue weighted by Gasteiger charge is 2.44. The van der Waals surface area contributed by atoms with Crippen molar-refractivity contribution in [3.05, 3.63) is 34.9 Å². The Morgan fingerprint density at radius 1 is 1.05 bits per heavy atom. The Hall–Kier alpha value is -2.50. The van der Waals surface area contributed by atoms with E-state index < -0.39 is 24.4 Å². The van der Waals surface area contributed by atoms with Crippen LogP contribution in [0.5, 0.6) is 0 Å². The molecule has 1 saturated heterocycles. The second-order valence-corrected chi connectivity index (χ2v) is 4.96. The van der Waals surface area contributed by atoms with E-state index in [9.17, 15) is 19.2 Å². The number of carbonyl (C=O) groups is 4. The van der Waals surface area contributed by atoms with Gasteiger partial charge in [-0.05, 0) is 32.4 Å². The summed E-state index contributed by atoms with van der Waals surface area (Å²) >= 11 is 0. The zero-order valence-corrected chi connectivity index (χ0v) is 12.2. The van der Waals surface area contributed by atoms with E-state index in [0.717, 1.165) is 16.0 Å². The number of rotatable bonds is 4. The first-order valence-electron chi connectivity index (χ1n) is 6.64. The summed E-state index contributed by atoms with van der Waals surface area (Å²) in [6.45, 7) is 4.93. The first-order valence-corrected chi connectivity index (χ1v) is 6.64. The van der Waals surface area contributed by atoms with E-state index in [4.69, 9.17) is 0 Å². The molecule has 4 amide bonds. The Bertz CT molecular complexity index is 651. The van der Waals surface area contributed by atoms with Crippen molar-refractivity contribution in [1.29, 1.82) is 0 Å². The molecule has 1 aliphatic rings. The van der Waals surface area contributed by atoms with Crippen LogP contribution in [0.2, 0.25) is 0 Å². The van der Waals surface area contributed by atoms with E-state index in [1.807, 2.05) is 13.0 Å². The van der Waals surface area contributed by atoms with Gasteiger partial charge in [0.25, 0.3) is 0 Å². The molecule has 0 bridgehead atoms. The average Bonchev–Trinajstić information content (AvgIpc) is 2.65. The lowest BCUT2D eigenvalue weighted by Gasteiger charge is -2.14. The van der Waals surface area contributed by atoms with Gasteiger partial charge >= 0.3 is 17.8 Å². The summed E-state index contributed by atoms with van der Waals surface area (Å²) in [5, 5.41) is 0. The molecule has 0 saturated carbocycles. The standard InChI is InChI=1S/C15H16N2O4/c1-4-16-13(19)14(20)17(15(16)21)8-12(18)11-7-9(2)5-6-10(11)3/h5-7H,4,8H2,1-3H3. The van der Waals surface area contributed by atoms with Crippen molar-refractivity contribution in [2.24, 2.45) is 0 Å². The van der Waals surface area contributed by atoms with Crippen LogP contribution in [0.3, 0.4) is 0 Å². The Balaban J connectivity index is 2.24. The number of amides is 4. The second-order valence-electron chi connectivity index (χ2n) is 4.96. The molecule has 0 atom stereocenters. The number of Topliss-reactive ketones (excluding diaryl/α,β-unsaturated/α-hetero) is 1. The van der Waals surface area contributed by atoms with Gasteiger partial charge in [0.15, 0.2) is 5.78 Å². The number of imide groups is 2. The third kappa shape index (κ3) is 2.56. The summed E-state index contributed by atoms with van der Waals surface area (Å²) in [7, 11) is 0. The molecule has 2 rings (SSSR count). The second kappa shape index (κ2) is 5.47. The van der Waals surface area contributed by atoms with E-state index in [0.29, 0.717) is 10.5 Å². The molecule has 21 heavy (non-hydrogen) atoms. The number of benzene rings is 1. The van der Waals surface area contributed by atoms with Gasteiger partial charge in [-0.15, -0.1) is 0 Å². The number of urea groups is 1. The lowest BCUT2D eigenvalue weighted by atomic mass is 10.0. The van der Waals surface area contributed by atoms with E-state index in [1.54, 1.807) is 26.0 Å². The predicted octanol–water partition coefficient (Wildman–Crippen LogP) is 1.30. The number of hydrogen-bond acceptors (Lipinski definition) is 4. The summed E-state index contributed by atoms with van der Waals surface area (Å²) in [5.74, 6) is -2.18. The molecule has 6 heteroatoms. The third-order valence-corrected chi connectivity index (χ3v) is 3.45. The Kier molecular flexibility index (Phi) is 3.88. The molecule has 0 aliphatic carbocycles. The zero-order chi connectivity index (χ0) is 15.7. The first kappa shape index (κ1) is 14.9. The SMILES string of the molecule is CCN1C(=O)C(=O)N(CC(=O)c2cc(C)ccc2C)C1=O. The number of aryl methyl sites for hydroxylation is 2. The number of nitrogens with zero attached hydrogens (tertiary/aromatic N) is 2. The predicted molar refractivity (Wildman–Crippen MR) is 74.7 cm³/mol. The number of likely N-dealkylation sites (N-methyl/N-ethyl adjacent to an activating group) is 1. The fourth-order valence-electron chi connectivity index (χ4n) is 2.23. The molecule has 0 aromatic heterocycles. The summed E-state index contributed by atoms with van der Waals surface area (Å²) in [4.78, 5) is 49.1. The van der Waals surface area contributed by atoms with Crippen molar-refractivity contribution in [2.75, 3.05) is 13.1 Å². The minimum absolute atomic E-state index is 0.109. The number of carbonyl (C=O) groups excluding carboxylic acids is 4. The van der Waals surface area contributed by atoms with Gasteiger partial charge in [0.1, 0.15) is 0 Å². The van der Waals surface area contributed by atoms with Crippen LogP contribution < -0.4 is 0 Å². The van der Waals surface area contributed by atoms with Crippen molar-refractivity contribution in [2.45, 2.75) is 20.8 Å². The molecule has 1 heterocycles. The zero-order valence-electron chi connectivity index (χ0n) is 12.2. The summed E-state index contributed by atoms with van der Waals surface area (Å²) in [6.07, 6.45) is 0. The van der Waals surface area contributed by atoms with Crippen LogP contribution in [-0.4, -0.2) is 46.5 Å². The average molecular weight is 288 g/mol. The highest BCUT2D eigenvalue weighted by atomic mass is 16.2. The van der Waals surface area contributed by atoms with Crippen LogP contribution in [0.1, 0.15) is 28.4 Å². The maximum absolute atomic E-state index is 12.3. The summed E-state index contributed by atoms with van der Waals surface area (Å²) in [6, 6.07) is 4.66. The lowest BCUT2D eigenvalue weighted by molar-refractivity contribution is -0.143. The minimum Gasteiger partial charge on any atom is -0.292 e. The number of ketones is 1. The molecular weight excluding hydrogens is 272 g/mol. The quantitative estimate of drug-likeness (QED) is 0.475. The molecule has 0 spiro atoms. The normalized spacial score (nSPS) is 15.1. The van der Waals surface area contributed by atoms with E-state index in [1.165, 1.54) is 0 Å². The Labute approximate surface area is 122 Å². The molecule has 1 aromatic rings.